The van der Waals surface area contributed by atoms with Crippen molar-refractivity contribution in [2.75, 3.05) is 7.11 Å². The van der Waals surface area contributed by atoms with E-state index in [0.717, 1.165) is 18.0 Å². The fraction of sp³-hybridized carbons (Fsp3) is 0.100. The van der Waals surface area contributed by atoms with E-state index < -0.39 is 0 Å². The van der Waals surface area contributed by atoms with Crippen LogP contribution in [-0.2, 0) is 4.74 Å². The number of carbonyl (C=O) groups excluding carboxylic acids is 1. The molecule has 0 atom stereocenters. The second-order valence-corrected chi connectivity index (χ2v) is 5.43. The molecule has 1 heterocycles. The molecule has 3 nitrogen and oxygen atoms in total. The number of ether oxygens (including phenoxy) is 1. The van der Waals surface area contributed by atoms with Gasteiger partial charge in [0.2, 0.25) is 0 Å². The van der Waals surface area contributed by atoms with E-state index in [1.54, 1.807) is 0 Å². The molecule has 78 valence electrons. The van der Waals surface area contributed by atoms with Gasteiger partial charge in [-0.25, -0.2) is 4.79 Å². The Morgan fingerprint density at radius 1 is 1.33 bits per heavy atom. The summed E-state index contributed by atoms with van der Waals surface area (Å²) in [4.78, 5) is 14.4. The third-order valence-electron chi connectivity index (χ3n) is 2.05. The number of aromatic amines is 1. The van der Waals surface area contributed by atoms with E-state index in [1.807, 2.05) is 12.1 Å². The number of rotatable bonds is 1. The molecule has 1 N–H and O–H groups in total. The van der Waals surface area contributed by atoms with E-state index in [0.29, 0.717) is 5.69 Å². The van der Waals surface area contributed by atoms with Crippen LogP contribution in [0.2, 0.25) is 0 Å². The fourth-order valence-electron chi connectivity index (χ4n) is 1.39. The highest BCUT2D eigenvalue weighted by molar-refractivity contribution is 14.1. The summed E-state index contributed by atoms with van der Waals surface area (Å²) in [6.45, 7) is 0. The smallest absolute Gasteiger partial charge is 0.354 e. The van der Waals surface area contributed by atoms with E-state index in [-0.39, 0.29) is 5.97 Å². The normalized spacial score (nSPS) is 10.6. The predicted molar refractivity (Wildman–Crippen MR) is 75.1 cm³/mol. The Balaban J connectivity index is 2.65. The molecule has 0 aliphatic carbocycles. The minimum atomic E-state index is -0.336. The quantitative estimate of drug-likeness (QED) is 0.562. The zero-order valence-corrected chi connectivity index (χ0v) is 12.1. The highest BCUT2D eigenvalue weighted by Gasteiger charge is 2.11. The van der Waals surface area contributed by atoms with Gasteiger partial charge in [-0.3, -0.25) is 0 Å². The maximum atomic E-state index is 11.3. The molecule has 0 aliphatic rings. The summed E-state index contributed by atoms with van der Waals surface area (Å²) in [7, 11) is 1.38. The number of methoxy groups -OCH3 is 1. The van der Waals surface area contributed by atoms with E-state index >= 15 is 0 Å². The van der Waals surface area contributed by atoms with Crippen LogP contribution in [0.1, 0.15) is 10.5 Å². The number of carbonyl (C=O) groups is 1. The number of benzene rings is 1. The van der Waals surface area contributed by atoms with Gasteiger partial charge in [-0.1, -0.05) is 0 Å². The number of aromatic nitrogens is 1. The molecule has 0 aliphatic heterocycles. The van der Waals surface area contributed by atoms with Crippen LogP contribution in [0.25, 0.3) is 10.9 Å². The second kappa shape index (κ2) is 4.28. The van der Waals surface area contributed by atoms with Crippen molar-refractivity contribution in [2.45, 2.75) is 0 Å². The minimum Gasteiger partial charge on any atom is -0.464 e. The molecule has 5 heteroatoms. The largest absolute Gasteiger partial charge is 0.464 e. The lowest BCUT2D eigenvalue weighted by Crippen LogP contribution is -2.00. The molecule has 15 heavy (non-hydrogen) atoms. The lowest BCUT2D eigenvalue weighted by molar-refractivity contribution is 0.0595. The third-order valence-corrected chi connectivity index (χ3v) is 3.52. The Morgan fingerprint density at radius 2 is 2.07 bits per heavy atom. The summed E-state index contributed by atoms with van der Waals surface area (Å²) < 4.78 is 6.92. The molecule has 0 saturated heterocycles. The van der Waals surface area contributed by atoms with Gasteiger partial charge < -0.3 is 9.72 Å². The van der Waals surface area contributed by atoms with Gasteiger partial charge >= 0.3 is 5.97 Å². The lowest BCUT2D eigenvalue weighted by atomic mass is 10.2. The SMILES string of the molecule is COC(=O)c1cc2cc(I)cc(I)c2[nH]1. The molecule has 2 rings (SSSR count). The number of nitrogens with one attached hydrogen (secondary N) is 1. The first-order chi connectivity index (χ1) is 7.11. The minimum absolute atomic E-state index is 0.336. The molecule has 2 aromatic rings. The molecule has 0 saturated carbocycles. The molecule has 0 spiro atoms. The second-order valence-electron chi connectivity index (χ2n) is 3.03. The fourth-order valence-corrected chi connectivity index (χ4v) is 3.41. The topological polar surface area (TPSA) is 42.1 Å². The summed E-state index contributed by atoms with van der Waals surface area (Å²) in [5.74, 6) is -0.336. The Labute approximate surface area is 114 Å². The van der Waals surface area contributed by atoms with Gasteiger partial charge in [0.1, 0.15) is 5.69 Å². The number of hydrogen-bond donors (Lipinski definition) is 1. The Bertz CT molecular complexity index is 533. The van der Waals surface area contributed by atoms with Crippen LogP contribution in [0.15, 0.2) is 18.2 Å². The van der Waals surface area contributed by atoms with E-state index in [1.165, 1.54) is 7.11 Å². The standard InChI is InChI=1S/C10H7I2NO2/c1-15-10(14)8-3-5-2-6(11)4-7(12)9(5)13-8/h2-4,13H,1H3. The molecular formula is C10H7I2NO2. The van der Waals surface area contributed by atoms with Crippen molar-refractivity contribution < 1.29 is 9.53 Å². The lowest BCUT2D eigenvalue weighted by Gasteiger charge is -1.95. The monoisotopic (exact) mass is 427 g/mol. The highest BCUT2D eigenvalue weighted by atomic mass is 127. The van der Waals surface area contributed by atoms with E-state index in [4.69, 9.17) is 0 Å². The van der Waals surface area contributed by atoms with Gasteiger partial charge in [0.25, 0.3) is 0 Å². The van der Waals surface area contributed by atoms with Gasteiger partial charge in [-0.2, -0.15) is 0 Å². The van der Waals surface area contributed by atoms with Crippen LogP contribution in [0.3, 0.4) is 0 Å². The van der Waals surface area contributed by atoms with Crippen molar-refractivity contribution in [1.82, 2.24) is 4.98 Å². The number of fused-ring (bicyclic) bond motifs is 1. The molecule has 1 aromatic heterocycles. The average molecular weight is 427 g/mol. The van der Waals surface area contributed by atoms with Crippen molar-refractivity contribution in [2.24, 2.45) is 0 Å². The van der Waals surface area contributed by atoms with Crippen LogP contribution >= 0.6 is 45.2 Å². The van der Waals surface area contributed by atoms with Crippen molar-refractivity contribution in [3.05, 3.63) is 31.0 Å². The number of esters is 1. The summed E-state index contributed by atoms with van der Waals surface area (Å²) in [5, 5.41) is 1.03. The molecule has 0 unspecified atom stereocenters. The van der Waals surface area contributed by atoms with Gasteiger partial charge in [-0.05, 0) is 63.4 Å². The van der Waals surface area contributed by atoms with Gasteiger partial charge in [0, 0.05) is 12.5 Å². The Hall–Kier alpha value is -0.310. The zero-order chi connectivity index (χ0) is 11.0. The predicted octanol–water partition coefficient (Wildman–Crippen LogP) is 3.16. The van der Waals surface area contributed by atoms with E-state index in [2.05, 4.69) is 61.0 Å². The first kappa shape index (κ1) is 11.2. The highest BCUT2D eigenvalue weighted by Crippen LogP contribution is 2.24. The average Bonchev–Trinajstić information content (AvgIpc) is 2.60. The molecule has 0 radical (unpaired) electrons. The molecule has 0 bridgehead atoms. The number of hydrogen-bond acceptors (Lipinski definition) is 2. The van der Waals surface area contributed by atoms with Crippen LogP contribution < -0.4 is 0 Å². The number of halogens is 2. The first-order valence-corrected chi connectivity index (χ1v) is 6.33. The summed E-state index contributed by atoms with van der Waals surface area (Å²) in [6.07, 6.45) is 0. The maximum absolute atomic E-state index is 11.3. The van der Waals surface area contributed by atoms with Crippen LogP contribution in [0, 0.1) is 7.14 Å². The van der Waals surface area contributed by atoms with Crippen molar-refractivity contribution in [3.8, 4) is 0 Å². The Kier molecular flexibility index (Phi) is 3.19. The van der Waals surface area contributed by atoms with Crippen molar-refractivity contribution >= 4 is 62.1 Å². The van der Waals surface area contributed by atoms with Crippen LogP contribution in [0.4, 0.5) is 0 Å². The van der Waals surface area contributed by atoms with Gasteiger partial charge in [0.05, 0.1) is 12.6 Å². The van der Waals surface area contributed by atoms with Crippen LogP contribution in [-0.4, -0.2) is 18.1 Å². The maximum Gasteiger partial charge on any atom is 0.354 e. The van der Waals surface area contributed by atoms with Crippen molar-refractivity contribution in [1.29, 1.82) is 0 Å². The van der Waals surface area contributed by atoms with Crippen LogP contribution in [0.5, 0.6) is 0 Å². The van der Waals surface area contributed by atoms with Crippen molar-refractivity contribution in [3.63, 3.8) is 0 Å². The molecule has 0 fully saturated rings. The third kappa shape index (κ3) is 2.12. The van der Waals surface area contributed by atoms with Gasteiger partial charge in [-0.15, -0.1) is 0 Å². The number of H-pyrrole nitrogens is 1. The molecule has 1 aromatic carbocycles. The summed E-state index contributed by atoms with van der Waals surface area (Å²) >= 11 is 4.50. The molecule has 0 amide bonds. The van der Waals surface area contributed by atoms with E-state index in [9.17, 15) is 4.79 Å². The Morgan fingerprint density at radius 3 is 2.73 bits per heavy atom. The molecular weight excluding hydrogens is 420 g/mol. The first-order valence-electron chi connectivity index (χ1n) is 4.18. The summed E-state index contributed by atoms with van der Waals surface area (Å²) in [5.41, 5.74) is 1.48. The zero-order valence-electron chi connectivity index (χ0n) is 7.80. The van der Waals surface area contributed by atoms with Gasteiger partial charge in [0.15, 0.2) is 0 Å². The summed E-state index contributed by atoms with van der Waals surface area (Å²) in [6, 6.07) is 5.90.